The zero-order valence-corrected chi connectivity index (χ0v) is 12.2. The van der Waals surface area contributed by atoms with Crippen molar-refractivity contribution in [1.29, 1.82) is 0 Å². The van der Waals surface area contributed by atoms with Gasteiger partial charge in [-0.15, -0.1) is 11.3 Å². The number of alkyl halides is 1. The topological polar surface area (TPSA) is 29.1 Å². The summed E-state index contributed by atoms with van der Waals surface area (Å²) in [6, 6.07) is 4.19. The van der Waals surface area contributed by atoms with Crippen molar-refractivity contribution in [3.63, 3.8) is 0 Å². The van der Waals surface area contributed by atoms with Crippen LogP contribution in [-0.4, -0.2) is 17.3 Å². The summed E-state index contributed by atoms with van der Waals surface area (Å²) in [6.45, 7) is 4.15. The molecule has 0 spiro atoms. The quantitative estimate of drug-likeness (QED) is 0.799. The van der Waals surface area contributed by atoms with Crippen molar-refractivity contribution >= 4 is 33.2 Å². The van der Waals surface area contributed by atoms with Crippen LogP contribution >= 0.6 is 27.3 Å². The molecule has 0 aliphatic carbocycles. The Morgan fingerprint density at radius 2 is 2.31 bits per heavy atom. The van der Waals surface area contributed by atoms with Crippen LogP contribution in [0.1, 0.15) is 41.2 Å². The lowest BCUT2D eigenvalue weighted by atomic mass is 10.2. The van der Waals surface area contributed by atoms with Crippen molar-refractivity contribution < 1.29 is 4.79 Å². The molecule has 1 atom stereocenters. The van der Waals surface area contributed by atoms with Gasteiger partial charge in [-0.2, -0.15) is 0 Å². The molecule has 16 heavy (non-hydrogen) atoms. The van der Waals surface area contributed by atoms with Gasteiger partial charge in [0.2, 0.25) is 0 Å². The maximum Gasteiger partial charge on any atom is 0.261 e. The van der Waals surface area contributed by atoms with E-state index in [0.717, 1.165) is 29.5 Å². The summed E-state index contributed by atoms with van der Waals surface area (Å²) in [5, 5.41) is 4.01. The highest BCUT2D eigenvalue weighted by molar-refractivity contribution is 9.09. The zero-order valence-electron chi connectivity index (χ0n) is 9.75. The van der Waals surface area contributed by atoms with Crippen LogP contribution in [0.25, 0.3) is 0 Å². The highest BCUT2D eigenvalue weighted by Crippen LogP contribution is 2.17. The maximum absolute atomic E-state index is 11.8. The molecule has 1 rings (SSSR count). The number of amides is 1. The van der Waals surface area contributed by atoms with E-state index < -0.39 is 0 Å². The van der Waals surface area contributed by atoms with Gasteiger partial charge in [-0.1, -0.05) is 22.9 Å². The van der Waals surface area contributed by atoms with E-state index in [4.69, 9.17) is 0 Å². The van der Waals surface area contributed by atoms with E-state index in [2.05, 4.69) is 35.1 Å². The summed E-state index contributed by atoms with van der Waals surface area (Å²) in [7, 11) is 0. The Labute approximate surface area is 110 Å². The fourth-order valence-corrected chi connectivity index (χ4v) is 2.61. The Morgan fingerprint density at radius 1 is 1.56 bits per heavy atom. The Balaban J connectivity index is 2.45. The second-order valence-electron chi connectivity index (χ2n) is 3.83. The molecule has 0 aliphatic rings. The third kappa shape index (κ3) is 4.26. The van der Waals surface area contributed by atoms with E-state index in [0.29, 0.717) is 0 Å². The lowest BCUT2D eigenvalue weighted by molar-refractivity contribution is 0.0942. The molecule has 0 radical (unpaired) electrons. The monoisotopic (exact) mass is 303 g/mol. The number of rotatable bonds is 6. The highest BCUT2D eigenvalue weighted by atomic mass is 79.9. The Kier molecular flexibility index (Phi) is 6.06. The van der Waals surface area contributed by atoms with Crippen molar-refractivity contribution in [3.8, 4) is 0 Å². The van der Waals surface area contributed by atoms with Gasteiger partial charge in [-0.25, -0.2) is 0 Å². The van der Waals surface area contributed by atoms with Crippen molar-refractivity contribution in [3.05, 3.63) is 21.9 Å². The number of hydrogen-bond donors (Lipinski definition) is 1. The number of halogens is 1. The first-order chi connectivity index (χ1) is 7.67. The van der Waals surface area contributed by atoms with Gasteiger partial charge < -0.3 is 5.32 Å². The molecule has 0 saturated carbocycles. The van der Waals surface area contributed by atoms with Crippen LogP contribution in [0, 0.1) is 0 Å². The van der Waals surface area contributed by atoms with Gasteiger partial charge in [0.1, 0.15) is 0 Å². The number of thiophene rings is 1. The van der Waals surface area contributed by atoms with Crippen LogP contribution in [0.4, 0.5) is 0 Å². The van der Waals surface area contributed by atoms with E-state index in [-0.39, 0.29) is 11.9 Å². The van der Waals surface area contributed by atoms with Crippen molar-refractivity contribution in [2.75, 3.05) is 5.33 Å². The number of nitrogens with one attached hydrogen (secondary N) is 1. The van der Waals surface area contributed by atoms with Gasteiger partial charge in [-0.05, 0) is 38.3 Å². The molecule has 1 N–H and O–H groups in total. The first-order valence-electron chi connectivity index (χ1n) is 5.63. The van der Waals surface area contributed by atoms with Crippen LogP contribution < -0.4 is 5.32 Å². The predicted molar refractivity (Wildman–Crippen MR) is 73.7 cm³/mol. The molecule has 1 aromatic rings. The average molecular weight is 304 g/mol. The molecule has 0 fully saturated rings. The molecule has 1 amide bonds. The second kappa shape index (κ2) is 7.07. The minimum absolute atomic E-state index is 0.0618. The van der Waals surface area contributed by atoms with Gasteiger partial charge in [0.15, 0.2) is 0 Å². The van der Waals surface area contributed by atoms with Gasteiger partial charge in [0.05, 0.1) is 4.88 Å². The maximum atomic E-state index is 11.8. The highest BCUT2D eigenvalue weighted by Gasteiger charge is 2.11. The van der Waals surface area contributed by atoms with Gasteiger partial charge in [0.25, 0.3) is 5.91 Å². The van der Waals surface area contributed by atoms with Gasteiger partial charge in [0, 0.05) is 16.2 Å². The van der Waals surface area contributed by atoms with Crippen LogP contribution in [-0.2, 0) is 6.42 Å². The van der Waals surface area contributed by atoms with Crippen LogP contribution in [0.5, 0.6) is 0 Å². The molecule has 1 aromatic heterocycles. The zero-order chi connectivity index (χ0) is 12.0. The fraction of sp³-hybridized carbons (Fsp3) is 0.583. The molecule has 0 aliphatic heterocycles. The minimum Gasteiger partial charge on any atom is -0.349 e. The molecule has 4 heteroatoms. The van der Waals surface area contributed by atoms with Crippen LogP contribution in [0.15, 0.2) is 12.1 Å². The van der Waals surface area contributed by atoms with E-state index in [9.17, 15) is 4.79 Å². The molecular weight excluding hydrogens is 286 g/mol. The predicted octanol–water partition coefficient (Wildman–Crippen LogP) is 3.60. The number of carbonyl (C=O) groups excluding carboxylic acids is 1. The third-order valence-electron chi connectivity index (χ3n) is 2.38. The molecular formula is C12H18BrNOS. The normalized spacial score (nSPS) is 12.4. The van der Waals surface area contributed by atoms with Crippen LogP contribution in [0.2, 0.25) is 0 Å². The van der Waals surface area contributed by atoms with Gasteiger partial charge in [-0.3, -0.25) is 4.79 Å². The second-order valence-corrected chi connectivity index (χ2v) is 5.79. The largest absolute Gasteiger partial charge is 0.349 e. The van der Waals surface area contributed by atoms with Crippen LogP contribution in [0.3, 0.4) is 0 Å². The smallest absolute Gasteiger partial charge is 0.261 e. The number of hydrogen-bond acceptors (Lipinski definition) is 2. The van der Waals surface area contributed by atoms with E-state index in [1.54, 1.807) is 11.3 Å². The summed E-state index contributed by atoms with van der Waals surface area (Å²) >= 11 is 4.98. The lowest BCUT2D eigenvalue weighted by Gasteiger charge is -2.11. The first kappa shape index (κ1) is 13.7. The third-order valence-corrected chi connectivity index (χ3v) is 4.17. The average Bonchev–Trinajstić information content (AvgIpc) is 2.74. The summed E-state index contributed by atoms with van der Waals surface area (Å²) < 4.78 is 0. The first-order valence-corrected chi connectivity index (χ1v) is 7.56. The molecule has 1 heterocycles. The minimum atomic E-state index is 0.0618. The molecule has 2 nitrogen and oxygen atoms in total. The Morgan fingerprint density at radius 3 is 2.88 bits per heavy atom. The summed E-state index contributed by atoms with van der Waals surface area (Å²) in [5.74, 6) is 0.0618. The van der Waals surface area contributed by atoms with E-state index in [1.165, 1.54) is 4.88 Å². The standard InChI is InChI=1S/C12H18BrNOS/c1-3-10-6-7-11(16-10)12(15)14-9(2)5-4-8-13/h6-7,9H,3-5,8H2,1-2H3,(H,14,15). The van der Waals surface area contributed by atoms with Crippen molar-refractivity contribution in [2.45, 2.75) is 39.2 Å². The molecule has 0 aromatic carbocycles. The van der Waals surface area contributed by atoms with E-state index in [1.807, 2.05) is 12.1 Å². The fourth-order valence-electron chi connectivity index (χ4n) is 1.44. The lowest BCUT2D eigenvalue weighted by Crippen LogP contribution is -2.31. The van der Waals surface area contributed by atoms with Crippen molar-refractivity contribution in [1.82, 2.24) is 5.32 Å². The molecule has 1 unspecified atom stereocenters. The summed E-state index contributed by atoms with van der Waals surface area (Å²) in [6.07, 6.45) is 3.10. The summed E-state index contributed by atoms with van der Waals surface area (Å²) in [4.78, 5) is 13.9. The summed E-state index contributed by atoms with van der Waals surface area (Å²) in [5.41, 5.74) is 0. The SMILES string of the molecule is CCc1ccc(C(=O)NC(C)CCCBr)s1. The van der Waals surface area contributed by atoms with Gasteiger partial charge >= 0.3 is 0 Å². The van der Waals surface area contributed by atoms with Crippen molar-refractivity contribution in [2.24, 2.45) is 0 Å². The molecule has 0 bridgehead atoms. The Bertz CT molecular complexity index is 338. The Hall–Kier alpha value is -0.350. The number of carbonyl (C=O) groups is 1. The van der Waals surface area contributed by atoms with E-state index >= 15 is 0 Å². The molecule has 0 saturated heterocycles. The molecule has 90 valence electrons. The number of aryl methyl sites for hydroxylation is 1.